The Morgan fingerprint density at radius 3 is 2.72 bits per heavy atom. The number of aromatic nitrogens is 1. The molecule has 94 valence electrons. The average Bonchev–Trinajstić information content (AvgIpc) is 2.69. The van der Waals surface area contributed by atoms with Crippen molar-refractivity contribution in [3.05, 3.63) is 39.1 Å². The van der Waals surface area contributed by atoms with E-state index in [9.17, 15) is 9.18 Å². The Morgan fingerprint density at radius 2 is 2.11 bits per heavy atom. The molecule has 2 aromatic rings. The number of halogens is 3. The van der Waals surface area contributed by atoms with Gasteiger partial charge in [-0.15, -0.1) is 11.3 Å². The first kappa shape index (κ1) is 13.3. The second kappa shape index (κ2) is 5.22. The zero-order valence-electron chi connectivity index (χ0n) is 9.04. The third-order valence-corrected chi connectivity index (χ3v) is 3.75. The molecule has 0 spiro atoms. The Balaban J connectivity index is 2.48. The van der Waals surface area contributed by atoms with Crippen LogP contribution in [0.1, 0.15) is 9.67 Å². The van der Waals surface area contributed by atoms with E-state index in [0.29, 0.717) is 10.6 Å². The molecular weight excluding hydrogens is 300 g/mol. The van der Waals surface area contributed by atoms with Crippen LogP contribution in [0.3, 0.4) is 0 Å². The van der Waals surface area contributed by atoms with E-state index in [1.54, 1.807) is 6.07 Å². The van der Waals surface area contributed by atoms with Gasteiger partial charge in [-0.25, -0.2) is 14.2 Å². The minimum atomic E-state index is -0.578. The molecule has 0 unspecified atom stereocenters. The maximum Gasteiger partial charge on any atom is 0.351 e. The minimum Gasteiger partial charge on any atom is -0.465 e. The van der Waals surface area contributed by atoms with E-state index in [2.05, 4.69) is 9.72 Å². The van der Waals surface area contributed by atoms with Crippen LogP contribution in [0.5, 0.6) is 0 Å². The van der Waals surface area contributed by atoms with Gasteiger partial charge in [0.1, 0.15) is 10.8 Å². The van der Waals surface area contributed by atoms with Crippen molar-refractivity contribution in [2.75, 3.05) is 7.11 Å². The van der Waals surface area contributed by atoms with Crippen molar-refractivity contribution in [1.82, 2.24) is 4.98 Å². The largest absolute Gasteiger partial charge is 0.465 e. The molecule has 0 N–H and O–H groups in total. The lowest BCUT2D eigenvalue weighted by Gasteiger charge is -1.97. The highest BCUT2D eigenvalue weighted by atomic mass is 35.5. The summed E-state index contributed by atoms with van der Waals surface area (Å²) in [6, 6.07) is 3.99. The molecule has 3 nitrogen and oxygen atoms in total. The van der Waals surface area contributed by atoms with Crippen molar-refractivity contribution in [2.24, 2.45) is 0 Å². The number of hydrogen-bond donors (Lipinski definition) is 0. The Labute approximate surface area is 116 Å². The zero-order valence-corrected chi connectivity index (χ0v) is 11.4. The minimum absolute atomic E-state index is 0.0298. The lowest BCUT2D eigenvalue weighted by molar-refractivity contribution is 0.0606. The van der Waals surface area contributed by atoms with Gasteiger partial charge in [0, 0.05) is 10.6 Å². The van der Waals surface area contributed by atoms with Crippen molar-refractivity contribution in [3.63, 3.8) is 0 Å². The number of benzene rings is 1. The lowest BCUT2D eigenvalue weighted by atomic mass is 10.2. The lowest BCUT2D eigenvalue weighted by Crippen LogP contribution is -1.98. The van der Waals surface area contributed by atoms with Crippen LogP contribution < -0.4 is 0 Å². The summed E-state index contributed by atoms with van der Waals surface area (Å²) in [5, 5.41) is 0.681. The predicted molar refractivity (Wildman–Crippen MR) is 68.9 cm³/mol. The van der Waals surface area contributed by atoms with Crippen LogP contribution in [0.4, 0.5) is 4.39 Å². The molecular formula is C11H6Cl2FNO2S. The molecule has 2 rings (SSSR count). The van der Waals surface area contributed by atoms with Crippen molar-refractivity contribution in [2.45, 2.75) is 0 Å². The van der Waals surface area contributed by atoms with Gasteiger partial charge in [0.25, 0.3) is 0 Å². The first-order chi connectivity index (χ1) is 8.51. The molecule has 0 amide bonds. The molecule has 0 radical (unpaired) electrons. The number of esters is 1. The summed E-state index contributed by atoms with van der Waals surface area (Å²) in [6.07, 6.45) is 0. The highest BCUT2D eigenvalue weighted by molar-refractivity contribution is 7.17. The van der Waals surface area contributed by atoms with Gasteiger partial charge >= 0.3 is 5.97 Å². The third kappa shape index (κ3) is 2.63. The Morgan fingerprint density at radius 1 is 1.39 bits per heavy atom. The first-order valence-corrected chi connectivity index (χ1v) is 6.29. The molecule has 7 heteroatoms. The Hall–Kier alpha value is -1.17. The number of ether oxygens (including phenoxy) is 1. The molecule has 0 fully saturated rings. The van der Waals surface area contributed by atoms with Crippen LogP contribution in [-0.2, 0) is 4.74 Å². The number of hydrogen-bond acceptors (Lipinski definition) is 4. The summed E-state index contributed by atoms with van der Waals surface area (Å²) < 4.78 is 17.8. The Kier molecular flexibility index (Phi) is 3.85. The zero-order chi connectivity index (χ0) is 13.3. The maximum absolute atomic E-state index is 13.2. The average molecular weight is 306 g/mol. The summed E-state index contributed by atoms with van der Waals surface area (Å²) in [4.78, 5) is 15.5. The molecule has 0 aliphatic rings. The first-order valence-electron chi connectivity index (χ1n) is 4.72. The van der Waals surface area contributed by atoms with Crippen LogP contribution in [0, 0.1) is 5.82 Å². The van der Waals surface area contributed by atoms with E-state index in [1.807, 2.05) is 0 Å². The summed E-state index contributed by atoms with van der Waals surface area (Å²) in [7, 11) is 1.25. The fourth-order valence-electron chi connectivity index (χ4n) is 1.32. The van der Waals surface area contributed by atoms with Crippen molar-refractivity contribution < 1.29 is 13.9 Å². The highest BCUT2D eigenvalue weighted by Gasteiger charge is 2.18. The maximum atomic E-state index is 13.2. The van der Waals surface area contributed by atoms with E-state index >= 15 is 0 Å². The van der Waals surface area contributed by atoms with Gasteiger partial charge in [-0.05, 0) is 18.2 Å². The molecule has 0 saturated heterocycles. The smallest absolute Gasteiger partial charge is 0.351 e. The number of carbonyl (C=O) groups excluding carboxylic acids is 1. The molecule has 1 heterocycles. The molecule has 0 saturated carbocycles. The van der Waals surface area contributed by atoms with Gasteiger partial charge in [-0.3, -0.25) is 0 Å². The standard InChI is InChI=1S/C11H6Cl2FNO2S/c1-17-11(16)8-9(13)15-10(18-8)5-2-6(12)4-7(14)3-5/h2-4H,1H3. The number of thiazole rings is 1. The third-order valence-electron chi connectivity index (χ3n) is 2.07. The van der Waals surface area contributed by atoms with E-state index in [0.717, 1.165) is 11.3 Å². The van der Waals surface area contributed by atoms with Gasteiger partial charge in [0.15, 0.2) is 10.0 Å². The van der Waals surface area contributed by atoms with Gasteiger partial charge in [0.05, 0.1) is 7.11 Å². The van der Waals surface area contributed by atoms with Crippen LogP contribution in [0.25, 0.3) is 10.6 Å². The fourth-order valence-corrected chi connectivity index (χ4v) is 2.73. The number of methoxy groups -OCH3 is 1. The van der Waals surface area contributed by atoms with Gasteiger partial charge < -0.3 is 4.74 Å². The molecule has 0 aliphatic heterocycles. The van der Waals surface area contributed by atoms with E-state index in [1.165, 1.54) is 19.2 Å². The number of carbonyl (C=O) groups is 1. The van der Waals surface area contributed by atoms with E-state index < -0.39 is 11.8 Å². The molecule has 0 aliphatic carbocycles. The number of nitrogens with zero attached hydrogens (tertiary/aromatic N) is 1. The van der Waals surface area contributed by atoms with Crippen molar-refractivity contribution in [3.8, 4) is 10.6 Å². The van der Waals surface area contributed by atoms with Gasteiger partial charge in [0.2, 0.25) is 0 Å². The monoisotopic (exact) mass is 305 g/mol. The van der Waals surface area contributed by atoms with Crippen LogP contribution in [-0.4, -0.2) is 18.1 Å². The van der Waals surface area contributed by atoms with E-state index in [-0.39, 0.29) is 15.1 Å². The number of rotatable bonds is 2. The summed E-state index contributed by atoms with van der Waals surface area (Å²) in [5.74, 6) is -1.06. The molecule has 0 atom stereocenters. The predicted octanol–water partition coefficient (Wildman–Crippen LogP) is 4.04. The van der Waals surface area contributed by atoms with E-state index in [4.69, 9.17) is 23.2 Å². The van der Waals surface area contributed by atoms with Gasteiger partial charge in [-0.1, -0.05) is 23.2 Å². The van der Waals surface area contributed by atoms with Crippen molar-refractivity contribution >= 4 is 40.5 Å². The van der Waals surface area contributed by atoms with Crippen molar-refractivity contribution in [1.29, 1.82) is 0 Å². The second-order valence-corrected chi connectivity index (χ2v) is 5.08. The SMILES string of the molecule is COC(=O)c1sc(-c2cc(F)cc(Cl)c2)nc1Cl. The summed E-state index contributed by atoms with van der Waals surface area (Å²) >= 11 is 12.6. The molecule has 1 aromatic carbocycles. The van der Waals surface area contributed by atoms with Crippen LogP contribution in [0.15, 0.2) is 18.2 Å². The Bertz CT molecular complexity index is 595. The summed E-state index contributed by atoms with van der Waals surface area (Å²) in [6.45, 7) is 0. The fraction of sp³-hybridized carbons (Fsp3) is 0.0909. The normalized spacial score (nSPS) is 10.4. The second-order valence-electron chi connectivity index (χ2n) is 3.29. The molecule has 1 aromatic heterocycles. The van der Waals surface area contributed by atoms with Crippen LogP contribution >= 0.6 is 34.5 Å². The van der Waals surface area contributed by atoms with Gasteiger partial charge in [-0.2, -0.15) is 0 Å². The quantitative estimate of drug-likeness (QED) is 0.786. The summed E-state index contributed by atoms with van der Waals surface area (Å²) in [5.41, 5.74) is 0.460. The highest BCUT2D eigenvalue weighted by Crippen LogP contribution is 2.32. The van der Waals surface area contributed by atoms with Crippen LogP contribution in [0.2, 0.25) is 10.2 Å². The molecule has 18 heavy (non-hydrogen) atoms. The molecule has 0 bridgehead atoms. The topological polar surface area (TPSA) is 39.2 Å².